The lowest BCUT2D eigenvalue weighted by Gasteiger charge is -2.37. The standard InChI is InChI=1S/C34H35F2N5O3/c1-5-33(36)22(3)27(35)31(44-33)41-21-37-28-29(41)38-32(39-30(28)43-6-2)40-34(23-13-9-7-10-14-23,24-15-11-8-12-16-24)25-17-19-26(42-4)20-18-25/h7-22,27,31H,5-6H2,1-4H3,(H,38,39,40)/t22-,27+,31+,33+/m0/s1. The Morgan fingerprint density at radius 3 is 2.09 bits per heavy atom. The highest BCUT2D eigenvalue weighted by Crippen LogP contribution is 2.47. The molecule has 1 aliphatic heterocycles. The lowest BCUT2D eigenvalue weighted by atomic mass is 9.77. The number of nitrogens with one attached hydrogen (secondary N) is 1. The average molecular weight is 600 g/mol. The van der Waals surface area contributed by atoms with E-state index in [1.807, 2.05) is 91.9 Å². The number of halogens is 2. The minimum atomic E-state index is -2.11. The molecule has 0 saturated carbocycles. The van der Waals surface area contributed by atoms with E-state index in [-0.39, 0.29) is 23.9 Å². The minimum Gasteiger partial charge on any atom is -0.497 e. The fraction of sp³-hybridized carbons (Fsp3) is 0.324. The van der Waals surface area contributed by atoms with Crippen LogP contribution in [-0.2, 0) is 10.3 Å². The lowest BCUT2D eigenvalue weighted by molar-refractivity contribution is -0.171. The van der Waals surface area contributed by atoms with Crippen molar-refractivity contribution >= 4 is 17.1 Å². The van der Waals surface area contributed by atoms with Gasteiger partial charge in [-0.2, -0.15) is 9.97 Å². The molecule has 10 heteroatoms. The van der Waals surface area contributed by atoms with Gasteiger partial charge in [-0.05, 0) is 35.7 Å². The molecule has 1 saturated heterocycles. The number of ether oxygens (including phenoxy) is 3. The topological polar surface area (TPSA) is 83.3 Å². The molecule has 2 aromatic heterocycles. The molecule has 0 amide bonds. The van der Waals surface area contributed by atoms with Crippen molar-refractivity contribution in [2.24, 2.45) is 5.92 Å². The van der Waals surface area contributed by atoms with Crippen molar-refractivity contribution in [3.05, 3.63) is 108 Å². The molecule has 0 aliphatic carbocycles. The molecule has 228 valence electrons. The first-order valence-electron chi connectivity index (χ1n) is 14.8. The maximum atomic E-state index is 15.6. The number of rotatable bonds is 10. The second kappa shape index (κ2) is 11.8. The highest BCUT2D eigenvalue weighted by molar-refractivity contribution is 5.78. The third kappa shape index (κ3) is 4.93. The van der Waals surface area contributed by atoms with Crippen molar-refractivity contribution in [1.29, 1.82) is 0 Å². The van der Waals surface area contributed by atoms with Crippen molar-refractivity contribution in [3.8, 4) is 11.6 Å². The second-order valence-corrected chi connectivity index (χ2v) is 10.8. The number of methoxy groups -OCH3 is 1. The summed E-state index contributed by atoms with van der Waals surface area (Å²) < 4.78 is 49.6. The van der Waals surface area contributed by atoms with E-state index in [4.69, 9.17) is 24.2 Å². The SMILES string of the molecule is CCOc1nc(NC(c2ccccc2)(c2ccccc2)c2ccc(OC)cc2)nc2c1ncn2[C@@H]1O[C@](F)(CC)[C@@H](C)[C@H]1F. The third-order valence-electron chi connectivity index (χ3n) is 8.41. The van der Waals surface area contributed by atoms with Gasteiger partial charge in [0.05, 0.1) is 26.0 Å². The van der Waals surface area contributed by atoms with Gasteiger partial charge in [0.25, 0.3) is 0 Å². The molecule has 44 heavy (non-hydrogen) atoms. The van der Waals surface area contributed by atoms with Crippen LogP contribution in [0.1, 0.15) is 50.1 Å². The first-order chi connectivity index (χ1) is 21.3. The molecule has 1 N–H and O–H groups in total. The van der Waals surface area contributed by atoms with Crippen molar-refractivity contribution in [2.45, 2.75) is 51.0 Å². The first kappa shape index (κ1) is 29.5. The van der Waals surface area contributed by atoms with Gasteiger partial charge in [0, 0.05) is 6.42 Å². The van der Waals surface area contributed by atoms with E-state index in [0.717, 1.165) is 16.7 Å². The van der Waals surface area contributed by atoms with Crippen LogP contribution in [-0.4, -0.2) is 45.3 Å². The van der Waals surface area contributed by atoms with Gasteiger partial charge in [0.1, 0.15) is 11.3 Å². The predicted octanol–water partition coefficient (Wildman–Crippen LogP) is 7.22. The zero-order chi connectivity index (χ0) is 30.9. The van der Waals surface area contributed by atoms with E-state index >= 15 is 8.78 Å². The Morgan fingerprint density at radius 2 is 1.55 bits per heavy atom. The number of anilines is 1. The van der Waals surface area contributed by atoms with E-state index in [9.17, 15) is 0 Å². The minimum absolute atomic E-state index is 0.0161. The zero-order valence-electron chi connectivity index (χ0n) is 25.1. The third-order valence-corrected chi connectivity index (χ3v) is 8.41. The largest absolute Gasteiger partial charge is 0.497 e. The molecule has 4 atom stereocenters. The quantitative estimate of drug-likeness (QED) is 0.170. The van der Waals surface area contributed by atoms with Crippen LogP contribution in [0.15, 0.2) is 91.3 Å². The molecule has 0 bridgehead atoms. The van der Waals surface area contributed by atoms with Crippen LogP contribution in [0.3, 0.4) is 0 Å². The molecule has 8 nitrogen and oxygen atoms in total. The fourth-order valence-electron chi connectivity index (χ4n) is 5.94. The Kier molecular flexibility index (Phi) is 7.94. The molecule has 0 unspecified atom stereocenters. The molecular weight excluding hydrogens is 564 g/mol. The summed E-state index contributed by atoms with van der Waals surface area (Å²) in [4.78, 5) is 14.1. The van der Waals surface area contributed by atoms with E-state index < -0.39 is 29.7 Å². The summed E-state index contributed by atoms with van der Waals surface area (Å²) in [5, 5.41) is 3.63. The highest BCUT2D eigenvalue weighted by atomic mass is 19.2. The Morgan fingerprint density at radius 1 is 0.932 bits per heavy atom. The summed E-state index contributed by atoms with van der Waals surface area (Å²) >= 11 is 0. The number of aromatic nitrogens is 4. The Balaban J connectivity index is 1.56. The van der Waals surface area contributed by atoms with Gasteiger partial charge < -0.3 is 19.5 Å². The van der Waals surface area contributed by atoms with Crippen LogP contribution in [0.4, 0.5) is 14.7 Å². The Bertz CT molecular complexity index is 1680. The number of fused-ring (bicyclic) bond motifs is 1. The predicted molar refractivity (Wildman–Crippen MR) is 164 cm³/mol. The highest BCUT2D eigenvalue weighted by Gasteiger charge is 2.54. The summed E-state index contributed by atoms with van der Waals surface area (Å²) in [6.07, 6.45) is -1.46. The molecule has 1 fully saturated rings. The second-order valence-electron chi connectivity index (χ2n) is 10.8. The van der Waals surface area contributed by atoms with Crippen molar-refractivity contribution in [1.82, 2.24) is 19.5 Å². The van der Waals surface area contributed by atoms with Gasteiger partial charge in [0.15, 0.2) is 23.6 Å². The lowest BCUT2D eigenvalue weighted by Crippen LogP contribution is -2.38. The van der Waals surface area contributed by atoms with Gasteiger partial charge in [0.2, 0.25) is 17.7 Å². The van der Waals surface area contributed by atoms with Crippen LogP contribution >= 0.6 is 0 Å². The summed E-state index contributed by atoms with van der Waals surface area (Å²) in [5.41, 5.74) is 2.35. The maximum absolute atomic E-state index is 15.6. The average Bonchev–Trinajstić information content (AvgIpc) is 3.59. The first-order valence-corrected chi connectivity index (χ1v) is 14.8. The van der Waals surface area contributed by atoms with Gasteiger partial charge in [-0.1, -0.05) is 86.6 Å². The maximum Gasteiger partial charge on any atom is 0.247 e. The van der Waals surface area contributed by atoms with Crippen LogP contribution < -0.4 is 14.8 Å². The number of alkyl halides is 2. The van der Waals surface area contributed by atoms with E-state index in [2.05, 4.69) is 10.3 Å². The number of imidazole rings is 1. The monoisotopic (exact) mass is 599 g/mol. The van der Waals surface area contributed by atoms with E-state index in [1.165, 1.54) is 17.8 Å². The van der Waals surface area contributed by atoms with Crippen molar-refractivity contribution in [3.63, 3.8) is 0 Å². The number of hydrogen-bond acceptors (Lipinski definition) is 7. The zero-order valence-corrected chi connectivity index (χ0v) is 25.1. The molecule has 1 aliphatic rings. The molecule has 3 heterocycles. The Hall–Kier alpha value is -4.57. The summed E-state index contributed by atoms with van der Waals surface area (Å²) in [6.45, 7) is 5.31. The van der Waals surface area contributed by atoms with Crippen molar-refractivity contribution < 1.29 is 23.0 Å². The van der Waals surface area contributed by atoms with E-state index in [0.29, 0.717) is 17.9 Å². The van der Waals surface area contributed by atoms with Crippen LogP contribution in [0.2, 0.25) is 0 Å². The smallest absolute Gasteiger partial charge is 0.247 e. The normalized spacial score (nSPS) is 21.8. The summed E-state index contributed by atoms with van der Waals surface area (Å²) in [7, 11) is 1.63. The van der Waals surface area contributed by atoms with E-state index in [1.54, 1.807) is 14.0 Å². The molecule has 0 radical (unpaired) electrons. The number of nitrogens with zero attached hydrogens (tertiary/aromatic N) is 4. The van der Waals surface area contributed by atoms with Gasteiger partial charge in [-0.3, -0.25) is 4.57 Å². The number of benzene rings is 3. The summed E-state index contributed by atoms with van der Waals surface area (Å²) in [6, 6.07) is 27.7. The van der Waals surface area contributed by atoms with Crippen LogP contribution in [0.25, 0.3) is 11.2 Å². The molecular formula is C34H35F2N5O3. The van der Waals surface area contributed by atoms with Crippen LogP contribution in [0, 0.1) is 5.92 Å². The van der Waals surface area contributed by atoms with Gasteiger partial charge >= 0.3 is 0 Å². The fourth-order valence-corrected chi connectivity index (χ4v) is 5.94. The molecule has 0 spiro atoms. The van der Waals surface area contributed by atoms with Crippen molar-refractivity contribution in [2.75, 3.05) is 19.0 Å². The molecule has 3 aromatic carbocycles. The summed E-state index contributed by atoms with van der Waals surface area (Å²) in [5.74, 6) is -1.95. The molecule has 6 rings (SSSR count). The van der Waals surface area contributed by atoms with Crippen LogP contribution in [0.5, 0.6) is 11.6 Å². The molecule has 5 aromatic rings. The van der Waals surface area contributed by atoms with Gasteiger partial charge in [-0.25, -0.2) is 13.8 Å². The Labute approximate surface area is 255 Å². The number of hydrogen-bond donors (Lipinski definition) is 1. The van der Waals surface area contributed by atoms with Gasteiger partial charge in [-0.15, -0.1) is 0 Å².